The van der Waals surface area contributed by atoms with Gasteiger partial charge in [-0.15, -0.1) is 11.8 Å². The fraction of sp³-hybridized carbons (Fsp3) is 0.417. The summed E-state index contributed by atoms with van der Waals surface area (Å²) in [6.07, 6.45) is 4.15. The van der Waals surface area contributed by atoms with E-state index in [1.165, 1.54) is 22.7 Å². The molecule has 1 fully saturated rings. The molecule has 2 aromatic carbocycles. The molecule has 0 radical (unpaired) electrons. The van der Waals surface area contributed by atoms with Crippen LogP contribution in [0, 0.1) is 5.82 Å². The standard InChI is InChI=1S/C24H28ClFN2O2S/c1-17(24(30)27-20-10-4-5-11-20)28(14-18-8-3-7-13-22(18)26)23(29)16-31-15-19-9-2-6-12-21(19)25/h2-3,6-9,12-13,17,20H,4-5,10-11,14-16H2,1H3,(H,27,30)/t17-/m1/s1. The number of thioether (sulfide) groups is 1. The SMILES string of the molecule is C[C@H](C(=O)NC1CCCC1)N(Cc1ccccc1F)C(=O)CSCc1ccccc1Cl. The van der Waals surface area contributed by atoms with E-state index in [0.29, 0.717) is 16.3 Å². The fourth-order valence-corrected chi connectivity index (χ4v) is 4.93. The first-order chi connectivity index (χ1) is 15.0. The third-order valence-electron chi connectivity index (χ3n) is 5.61. The van der Waals surface area contributed by atoms with Crippen LogP contribution < -0.4 is 5.32 Å². The van der Waals surface area contributed by atoms with E-state index < -0.39 is 6.04 Å². The van der Waals surface area contributed by atoms with Crippen molar-refractivity contribution in [2.24, 2.45) is 0 Å². The highest BCUT2D eigenvalue weighted by molar-refractivity contribution is 7.99. The smallest absolute Gasteiger partial charge is 0.242 e. The number of halogens is 2. The molecule has 4 nitrogen and oxygen atoms in total. The lowest BCUT2D eigenvalue weighted by molar-refractivity contribution is -0.139. The van der Waals surface area contributed by atoms with Crippen LogP contribution in [-0.4, -0.2) is 34.6 Å². The number of amides is 2. The first kappa shape index (κ1) is 23.6. The summed E-state index contributed by atoms with van der Waals surface area (Å²) in [4.78, 5) is 27.4. The number of carbonyl (C=O) groups excluding carboxylic acids is 2. The van der Waals surface area contributed by atoms with Crippen LogP contribution in [0.15, 0.2) is 48.5 Å². The number of nitrogens with zero attached hydrogens (tertiary/aromatic N) is 1. The van der Waals surface area contributed by atoms with Gasteiger partial charge in [-0.2, -0.15) is 0 Å². The van der Waals surface area contributed by atoms with Crippen molar-refractivity contribution in [3.63, 3.8) is 0 Å². The molecule has 1 saturated carbocycles. The van der Waals surface area contributed by atoms with Gasteiger partial charge in [0.2, 0.25) is 11.8 Å². The van der Waals surface area contributed by atoms with Gasteiger partial charge in [0.25, 0.3) is 0 Å². The van der Waals surface area contributed by atoms with E-state index in [4.69, 9.17) is 11.6 Å². The van der Waals surface area contributed by atoms with Crippen molar-refractivity contribution in [3.8, 4) is 0 Å². The van der Waals surface area contributed by atoms with E-state index in [2.05, 4.69) is 5.32 Å². The second-order valence-corrected chi connectivity index (χ2v) is 9.26. The number of hydrogen-bond acceptors (Lipinski definition) is 3. The van der Waals surface area contributed by atoms with Gasteiger partial charge in [0.15, 0.2) is 0 Å². The monoisotopic (exact) mass is 462 g/mol. The van der Waals surface area contributed by atoms with Crippen molar-refractivity contribution in [1.82, 2.24) is 10.2 Å². The van der Waals surface area contributed by atoms with Crippen LogP contribution in [0.4, 0.5) is 4.39 Å². The summed E-state index contributed by atoms with van der Waals surface area (Å²) in [6.45, 7) is 1.76. The number of nitrogens with one attached hydrogen (secondary N) is 1. The van der Waals surface area contributed by atoms with Crippen molar-refractivity contribution < 1.29 is 14.0 Å². The third-order valence-corrected chi connectivity index (χ3v) is 6.94. The lowest BCUT2D eigenvalue weighted by atomic mass is 10.1. The van der Waals surface area contributed by atoms with Gasteiger partial charge in [0.1, 0.15) is 11.9 Å². The zero-order chi connectivity index (χ0) is 22.2. The molecule has 1 N–H and O–H groups in total. The van der Waals surface area contributed by atoms with Crippen molar-refractivity contribution in [2.75, 3.05) is 5.75 Å². The zero-order valence-corrected chi connectivity index (χ0v) is 19.2. The minimum atomic E-state index is -0.686. The Kier molecular flexibility index (Phi) is 8.79. The molecule has 0 spiro atoms. The maximum absolute atomic E-state index is 14.3. The molecule has 166 valence electrons. The van der Waals surface area contributed by atoms with Crippen LogP contribution in [0.5, 0.6) is 0 Å². The van der Waals surface area contributed by atoms with Gasteiger partial charge < -0.3 is 10.2 Å². The van der Waals surface area contributed by atoms with Crippen LogP contribution in [-0.2, 0) is 21.9 Å². The van der Waals surface area contributed by atoms with Crippen molar-refractivity contribution in [3.05, 3.63) is 70.5 Å². The number of hydrogen-bond donors (Lipinski definition) is 1. The van der Waals surface area contributed by atoms with Crippen LogP contribution >= 0.6 is 23.4 Å². The normalized spacial score (nSPS) is 14.9. The van der Waals surface area contributed by atoms with Gasteiger partial charge in [0.05, 0.1) is 5.75 Å². The minimum Gasteiger partial charge on any atom is -0.352 e. The number of benzene rings is 2. The quantitative estimate of drug-likeness (QED) is 0.558. The molecule has 1 aliphatic rings. The van der Waals surface area contributed by atoms with E-state index >= 15 is 0 Å². The Labute approximate surface area is 192 Å². The van der Waals surface area contributed by atoms with E-state index in [1.807, 2.05) is 24.3 Å². The van der Waals surface area contributed by atoms with Gasteiger partial charge >= 0.3 is 0 Å². The Bertz CT molecular complexity index is 905. The van der Waals surface area contributed by atoms with Gasteiger partial charge in [-0.1, -0.05) is 60.8 Å². The molecule has 31 heavy (non-hydrogen) atoms. The molecule has 0 saturated heterocycles. The Hall–Kier alpha value is -2.05. The average molecular weight is 463 g/mol. The summed E-state index contributed by atoms with van der Waals surface area (Å²) in [5, 5.41) is 3.71. The predicted molar refractivity (Wildman–Crippen MR) is 124 cm³/mol. The van der Waals surface area contributed by atoms with Crippen LogP contribution in [0.2, 0.25) is 5.02 Å². The first-order valence-electron chi connectivity index (χ1n) is 10.6. The Morgan fingerprint density at radius 2 is 1.77 bits per heavy atom. The molecule has 3 rings (SSSR count). The van der Waals surface area contributed by atoms with Crippen LogP contribution in [0.1, 0.15) is 43.7 Å². The number of rotatable bonds is 9. The molecule has 0 bridgehead atoms. The summed E-state index contributed by atoms with van der Waals surface area (Å²) in [5.41, 5.74) is 1.35. The van der Waals surface area contributed by atoms with E-state index in [9.17, 15) is 14.0 Å². The second-order valence-electron chi connectivity index (χ2n) is 7.86. The van der Waals surface area contributed by atoms with Crippen molar-refractivity contribution >= 4 is 35.2 Å². The summed E-state index contributed by atoms with van der Waals surface area (Å²) in [7, 11) is 0. The highest BCUT2D eigenvalue weighted by atomic mass is 35.5. The molecular weight excluding hydrogens is 435 g/mol. The molecule has 2 amide bonds. The first-order valence-corrected chi connectivity index (χ1v) is 12.1. The molecule has 0 aromatic heterocycles. The van der Waals surface area contributed by atoms with E-state index in [-0.39, 0.29) is 36.0 Å². The van der Waals surface area contributed by atoms with E-state index in [0.717, 1.165) is 31.2 Å². The molecule has 7 heteroatoms. The highest BCUT2D eigenvalue weighted by Crippen LogP contribution is 2.22. The maximum Gasteiger partial charge on any atom is 0.242 e. The molecule has 0 unspecified atom stereocenters. The van der Waals surface area contributed by atoms with Gasteiger partial charge in [0, 0.05) is 28.9 Å². The van der Waals surface area contributed by atoms with Crippen molar-refractivity contribution in [2.45, 2.75) is 57.0 Å². The zero-order valence-electron chi connectivity index (χ0n) is 17.7. The van der Waals surface area contributed by atoms with Crippen molar-refractivity contribution in [1.29, 1.82) is 0 Å². The van der Waals surface area contributed by atoms with Gasteiger partial charge in [-0.25, -0.2) is 4.39 Å². The average Bonchev–Trinajstić information content (AvgIpc) is 3.27. The molecule has 1 aliphatic carbocycles. The van der Waals surface area contributed by atoms with Crippen LogP contribution in [0.25, 0.3) is 0 Å². The topological polar surface area (TPSA) is 49.4 Å². The summed E-state index contributed by atoms with van der Waals surface area (Å²) >= 11 is 7.63. The lowest BCUT2D eigenvalue weighted by Gasteiger charge is -2.30. The van der Waals surface area contributed by atoms with Gasteiger partial charge in [-0.3, -0.25) is 9.59 Å². The predicted octanol–water partition coefficient (Wildman–Crippen LogP) is 5.19. The Morgan fingerprint density at radius 3 is 2.45 bits per heavy atom. The highest BCUT2D eigenvalue weighted by Gasteiger charge is 2.28. The largest absolute Gasteiger partial charge is 0.352 e. The summed E-state index contributed by atoms with van der Waals surface area (Å²) in [5.74, 6) is -0.00279. The Balaban J connectivity index is 1.67. The fourth-order valence-electron chi connectivity index (χ4n) is 3.73. The lowest BCUT2D eigenvalue weighted by Crippen LogP contribution is -2.50. The van der Waals surface area contributed by atoms with E-state index in [1.54, 1.807) is 25.1 Å². The molecule has 2 aromatic rings. The van der Waals surface area contributed by atoms with Crippen LogP contribution in [0.3, 0.4) is 0 Å². The molecule has 0 heterocycles. The second kappa shape index (κ2) is 11.5. The third kappa shape index (κ3) is 6.71. The Morgan fingerprint density at radius 1 is 1.13 bits per heavy atom. The van der Waals surface area contributed by atoms with Gasteiger partial charge in [-0.05, 0) is 37.5 Å². The maximum atomic E-state index is 14.3. The number of carbonyl (C=O) groups is 2. The minimum absolute atomic E-state index is 0.0530. The summed E-state index contributed by atoms with van der Waals surface area (Å²) in [6, 6.07) is 13.3. The molecular formula is C24H28ClFN2O2S. The molecule has 0 aliphatic heterocycles. The molecule has 1 atom stereocenters. The summed E-state index contributed by atoms with van der Waals surface area (Å²) < 4.78 is 14.3.